The number of ether oxygens (including phenoxy) is 1. The van der Waals surface area contributed by atoms with E-state index in [2.05, 4.69) is 5.32 Å². The van der Waals surface area contributed by atoms with Gasteiger partial charge in [0.05, 0.1) is 5.69 Å². The Morgan fingerprint density at radius 3 is 2.88 bits per heavy atom. The lowest BCUT2D eigenvalue weighted by molar-refractivity contribution is 0.147. The van der Waals surface area contributed by atoms with E-state index in [1.54, 1.807) is 12.1 Å². The van der Waals surface area contributed by atoms with Gasteiger partial charge < -0.3 is 15.8 Å². The maximum atomic E-state index is 13.6. The van der Waals surface area contributed by atoms with Gasteiger partial charge in [-0.1, -0.05) is 12.2 Å². The van der Waals surface area contributed by atoms with Crippen LogP contribution < -0.4 is 11.1 Å². The molecule has 0 unspecified atom stereocenters. The molecule has 0 saturated carbocycles. The number of benzene rings is 1. The van der Waals surface area contributed by atoms with Gasteiger partial charge in [0.15, 0.2) is 0 Å². The highest BCUT2D eigenvalue weighted by Gasteiger charge is 2.04. The van der Waals surface area contributed by atoms with E-state index in [0.717, 1.165) is 6.42 Å². The average Bonchev–Trinajstić information content (AvgIpc) is 2.30. The smallest absolute Gasteiger partial charge is 0.146 e. The van der Waals surface area contributed by atoms with Crippen molar-refractivity contribution >= 4 is 22.9 Å². The standard InChI is InChI=1S/C12H17FN2OS/c1-2-16-7-3-6-15-11-5-4-9(12(14)17)8-10(11)13/h4-5,8,15H,2-3,6-7H2,1H3,(H2,14,17). The Balaban J connectivity index is 2.46. The first-order chi connectivity index (χ1) is 8.15. The number of anilines is 1. The summed E-state index contributed by atoms with van der Waals surface area (Å²) in [6, 6.07) is 4.69. The quantitative estimate of drug-likeness (QED) is 0.580. The molecule has 0 spiro atoms. The zero-order valence-electron chi connectivity index (χ0n) is 9.83. The summed E-state index contributed by atoms with van der Waals surface area (Å²) < 4.78 is 18.8. The summed E-state index contributed by atoms with van der Waals surface area (Å²) in [6.45, 7) is 4.00. The van der Waals surface area contributed by atoms with Crippen molar-refractivity contribution in [3.8, 4) is 0 Å². The summed E-state index contributed by atoms with van der Waals surface area (Å²) in [5.41, 5.74) is 6.41. The van der Waals surface area contributed by atoms with Gasteiger partial charge in [-0.2, -0.15) is 0 Å². The molecule has 0 aliphatic carbocycles. The minimum absolute atomic E-state index is 0.201. The predicted molar refractivity (Wildman–Crippen MR) is 71.9 cm³/mol. The molecule has 1 aromatic carbocycles. The summed E-state index contributed by atoms with van der Waals surface area (Å²) in [7, 11) is 0. The molecule has 1 aromatic rings. The summed E-state index contributed by atoms with van der Waals surface area (Å²) in [4.78, 5) is 0.201. The Kier molecular flexibility index (Phi) is 5.86. The normalized spacial score (nSPS) is 10.2. The second-order valence-corrected chi connectivity index (χ2v) is 3.98. The molecule has 0 aliphatic heterocycles. The fourth-order valence-corrected chi connectivity index (χ4v) is 1.48. The van der Waals surface area contributed by atoms with Crippen molar-refractivity contribution in [1.29, 1.82) is 0 Å². The van der Waals surface area contributed by atoms with Gasteiger partial charge in [0.25, 0.3) is 0 Å². The maximum absolute atomic E-state index is 13.6. The molecule has 0 heterocycles. The molecule has 0 bridgehead atoms. The highest BCUT2D eigenvalue weighted by molar-refractivity contribution is 7.80. The van der Waals surface area contributed by atoms with Crippen LogP contribution in [0, 0.1) is 5.82 Å². The molecule has 17 heavy (non-hydrogen) atoms. The summed E-state index contributed by atoms with van der Waals surface area (Å²) in [5.74, 6) is -0.341. The van der Waals surface area contributed by atoms with Crippen LogP contribution in [0.4, 0.5) is 10.1 Å². The first-order valence-corrected chi connectivity index (χ1v) is 5.97. The number of thiocarbonyl (C=S) groups is 1. The summed E-state index contributed by atoms with van der Waals surface area (Å²) in [5, 5.41) is 3.00. The van der Waals surface area contributed by atoms with E-state index in [9.17, 15) is 4.39 Å². The highest BCUT2D eigenvalue weighted by Crippen LogP contribution is 2.15. The van der Waals surface area contributed by atoms with Gasteiger partial charge in [-0.3, -0.25) is 0 Å². The van der Waals surface area contributed by atoms with Crippen LogP contribution in [0.25, 0.3) is 0 Å². The third kappa shape index (κ3) is 4.66. The summed E-state index contributed by atoms with van der Waals surface area (Å²) >= 11 is 4.77. The zero-order chi connectivity index (χ0) is 12.7. The zero-order valence-corrected chi connectivity index (χ0v) is 10.6. The summed E-state index contributed by atoms with van der Waals surface area (Å²) in [6.07, 6.45) is 0.838. The van der Waals surface area contributed by atoms with E-state index >= 15 is 0 Å². The van der Waals surface area contributed by atoms with E-state index in [-0.39, 0.29) is 10.8 Å². The SMILES string of the molecule is CCOCCCNc1ccc(C(N)=S)cc1F. The third-order valence-corrected chi connectivity index (χ3v) is 2.47. The van der Waals surface area contributed by atoms with Gasteiger partial charge in [-0.25, -0.2) is 4.39 Å². The van der Waals surface area contributed by atoms with Gasteiger partial charge in [0, 0.05) is 25.3 Å². The third-order valence-electron chi connectivity index (χ3n) is 2.24. The number of halogens is 1. The van der Waals surface area contributed by atoms with Gasteiger partial charge >= 0.3 is 0 Å². The van der Waals surface area contributed by atoms with E-state index in [1.165, 1.54) is 6.07 Å². The van der Waals surface area contributed by atoms with Crippen LogP contribution >= 0.6 is 12.2 Å². The lowest BCUT2D eigenvalue weighted by Gasteiger charge is -2.08. The fourth-order valence-electron chi connectivity index (χ4n) is 1.35. The van der Waals surface area contributed by atoms with Crippen LogP contribution in [-0.4, -0.2) is 24.7 Å². The van der Waals surface area contributed by atoms with Crippen molar-refractivity contribution in [3.63, 3.8) is 0 Å². The van der Waals surface area contributed by atoms with Crippen LogP contribution in [0.1, 0.15) is 18.9 Å². The van der Waals surface area contributed by atoms with E-state index in [0.29, 0.717) is 31.0 Å². The average molecular weight is 256 g/mol. The van der Waals surface area contributed by atoms with E-state index in [1.807, 2.05) is 6.92 Å². The topological polar surface area (TPSA) is 47.3 Å². The first-order valence-electron chi connectivity index (χ1n) is 5.56. The number of hydrogen-bond acceptors (Lipinski definition) is 3. The molecular weight excluding hydrogens is 239 g/mol. The minimum Gasteiger partial charge on any atom is -0.389 e. The van der Waals surface area contributed by atoms with Crippen molar-refractivity contribution in [3.05, 3.63) is 29.6 Å². The first kappa shape index (κ1) is 13.9. The molecule has 5 heteroatoms. The molecule has 94 valence electrons. The number of rotatable bonds is 7. The fraction of sp³-hybridized carbons (Fsp3) is 0.417. The molecule has 0 fully saturated rings. The molecule has 0 amide bonds. The molecule has 0 saturated heterocycles. The largest absolute Gasteiger partial charge is 0.389 e. The van der Waals surface area contributed by atoms with Crippen LogP contribution in [0.2, 0.25) is 0 Å². The lowest BCUT2D eigenvalue weighted by atomic mass is 10.2. The van der Waals surface area contributed by atoms with Crippen molar-refractivity contribution in [2.45, 2.75) is 13.3 Å². The maximum Gasteiger partial charge on any atom is 0.146 e. The number of nitrogens with one attached hydrogen (secondary N) is 1. The highest BCUT2D eigenvalue weighted by atomic mass is 32.1. The second kappa shape index (κ2) is 7.19. The van der Waals surface area contributed by atoms with E-state index in [4.69, 9.17) is 22.7 Å². The van der Waals surface area contributed by atoms with Crippen LogP contribution in [0.15, 0.2) is 18.2 Å². The molecule has 0 aliphatic rings. The molecule has 1 rings (SSSR count). The van der Waals surface area contributed by atoms with Crippen molar-refractivity contribution in [2.75, 3.05) is 25.1 Å². The molecule has 0 aromatic heterocycles. The second-order valence-electron chi connectivity index (χ2n) is 3.54. The van der Waals surface area contributed by atoms with Crippen LogP contribution in [-0.2, 0) is 4.74 Å². The van der Waals surface area contributed by atoms with Crippen molar-refractivity contribution in [2.24, 2.45) is 5.73 Å². The predicted octanol–water partition coefficient (Wildman–Crippen LogP) is 2.30. The van der Waals surface area contributed by atoms with Gasteiger partial charge in [-0.15, -0.1) is 0 Å². The van der Waals surface area contributed by atoms with Gasteiger partial charge in [-0.05, 0) is 31.5 Å². The van der Waals surface area contributed by atoms with Crippen molar-refractivity contribution < 1.29 is 9.13 Å². The Labute approximate surface area is 106 Å². The van der Waals surface area contributed by atoms with Crippen molar-refractivity contribution in [1.82, 2.24) is 0 Å². The monoisotopic (exact) mass is 256 g/mol. The molecular formula is C12H17FN2OS. The number of nitrogens with two attached hydrogens (primary N) is 1. The van der Waals surface area contributed by atoms with E-state index < -0.39 is 0 Å². The van der Waals surface area contributed by atoms with Gasteiger partial charge in [0.2, 0.25) is 0 Å². The van der Waals surface area contributed by atoms with Crippen LogP contribution in [0.5, 0.6) is 0 Å². The molecule has 3 nitrogen and oxygen atoms in total. The Morgan fingerprint density at radius 1 is 1.53 bits per heavy atom. The van der Waals surface area contributed by atoms with Crippen LogP contribution in [0.3, 0.4) is 0 Å². The molecule has 0 atom stereocenters. The Morgan fingerprint density at radius 2 is 2.29 bits per heavy atom. The molecule has 0 radical (unpaired) electrons. The Hall–Kier alpha value is -1.20. The Bertz CT molecular complexity index is 385. The number of hydrogen-bond donors (Lipinski definition) is 2. The molecule has 3 N–H and O–H groups in total. The lowest BCUT2D eigenvalue weighted by Crippen LogP contribution is -2.11. The van der Waals surface area contributed by atoms with Gasteiger partial charge in [0.1, 0.15) is 10.8 Å². The minimum atomic E-state index is -0.341.